The van der Waals surface area contributed by atoms with E-state index < -0.39 is 0 Å². The maximum atomic E-state index is 5.65. The Morgan fingerprint density at radius 1 is 0.592 bits per heavy atom. The van der Waals surface area contributed by atoms with Crippen LogP contribution in [0.3, 0.4) is 0 Å². The number of methoxy groups -OCH3 is 2. The van der Waals surface area contributed by atoms with Gasteiger partial charge >= 0.3 is 0 Å². The highest BCUT2D eigenvalue weighted by Crippen LogP contribution is 2.39. The molecule has 1 aliphatic heterocycles. The van der Waals surface area contributed by atoms with Crippen molar-refractivity contribution in [2.45, 2.75) is 145 Å². The van der Waals surface area contributed by atoms with Crippen molar-refractivity contribution in [1.29, 1.82) is 0 Å². The molecule has 3 nitrogen and oxygen atoms in total. The summed E-state index contributed by atoms with van der Waals surface area (Å²) in [7, 11) is 3.45. The molecule has 1 saturated heterocycles. The Kier molecular flexibility index (Phi) is 18.6. The first-order valence-corrected chi connectivity index (χ1v) is 18.4. The lowest BCUT2D eigenvalue weighted by Crippen LogP contribution is -2.02. The highest BCUT2D eigenvalue weighted by molar-refractivity contribution is 5.36. The summed E-state index contributed by atoms with van der Waals surface area (Å²) >= 11 is 0. The first-order valence-electron chi connectivity index (χ1n) is 18.4. The molecule has 1 aliphatic rings. The zero-order valence-corrected chi connectivity index (χ0v) is 33.2. The summed E-state index contributed by atoms with van der Waals surface area (Å²) in [5.74, 6) is 1.90. The summed E-state index contributed by atoms with van der Waals surface area (Å²) in [6.45, 7) is 21.9. The molecule has 3 rings (SSSR count). The molecule has 0 N–H and O–H groups in total. The van der Waals surface area contributed by atoms with Crippen LogP contribution in [0.5, 0.6) is 11.5 Å². The molecule has 2 aromatic carbocycles. The van der Waals surface area contributed by atoms with Crippen molar-refractivity contribution in [2.75, 3.05) is 14.2 Å². The summed E-state index contributed by atoms with van der Waals surface area (Å²) < 4.78 is 16.4. The second-order valence-corrected chi connectivity index (χ2v) is 15.0. The average Bonchev–Trinajstić information content (AvgIpc) is 3.67. The number of rotatable bonds is 18. The summed E-state index contributed by atoms with van der Waals surface area (Å²) in [6, 6.07) is 12.9. The van der Waals surface area contributed by atoms with Gasteiger partial charge in [-0.1, -0.05) is 70.4 Å². The monoisotopic (exact) mass is 669 g/mol. The lowest BCUT2D eigenvalue weighted by atomic mass is 10.0. The predicted octanol–water partition coefficient (Wildman–Crippen LogP) is 13.1. The quantitative estimate of drug-likeness (QED) is 0.117. The second-order valence-electron chi connectivity index (χ2n) is 15.0. The van der Waals surface area contributed by atoms with Crippen molar-refractivity contribution in [3.8, 4) is 11.5 Å². The van der Waals surface area contributed by atoms with Crippen molar-refractivity contribution >= 4 is 0 Å². The molecule has 0 saturated carbocycles. The lowest BCUT2D eigenvalue weighted by molar-refractivity contribution is 0.320. The number of allylic oxidation sites excluding steroid dienone is 10. The van der Waals surface area contributed by atoms with Crippen LogP contribution in [-0.2, 0) is 17.6 Å². The SMILES string of the molecule is COc1cc(C)cc(C/C=C(\C)CC/C=C(\C)CCC2OC2(C)C)c1.COc1cc(C)cc(C/C=C(\C)CC/C=C(\C)CCC=C(C)C)c1. The third-order valence-electron chi connectivity index (χ3n) is 9.18. The summed E-state index contributed by atoms with van der Waals surface area (Å²) in [5, 5.41) is 0. The van der Waals surface area contributed by atoms with Gasteiger partial charge < -0.3 is 14.2 Å². The molecule has 2 aromatic rings. The van der Waals surface area contributed by atoms with E-state index in [1.54, 1.807) is 14.2 Å². The van der Waals surface area contributed by atoms with Crippen LogP contribution >= 0.6 is 0 Å². The van der Waals surface area contributed by atoms with E-state index in [9.17, 15) is 0 Å². The van der Waals surface area contributed by atoms with E-state index >= 15 is 0 Å². The molecule has 0 spiro atoms. The lowest BCUT2D eigenvalue weighted by Gasteiger charge is -2.06. The van der Waals surface area contributed by atoms with Crippen LogP contribution in [0.4, 0.5) is 0 Å². The third-order valence-corrected chi connectivity index (χ3v) is 9.18. The fourth-order valence-electron chi connectivity index (χ4n) is 5.89. The highest BCUT2D eigenvalue weighted by Gasteiger charge is 2.46. The number of aryl methyl sites for hydroxylation is 2. The zero-order chi connectivity index (χ0) is 36.4. The minimum Gasteiger partial charge on any atom is -0.497 e. The standard InChI is InChI=1S/C23H34O2.C23H34O/c1-17(10-12-20-14-19(3)15-21(16-20)24-6)8-7-9-18(2)11-13-22-23(4,5)25-22;1-18(2)9-7-10-19(3)11-8-12-20(4)13-14-22-15-21(5)16-23(17-22)24-6/h9-10,14-16,22H,7-8,11-13H2,1-6H3;9,11,13,15-17H,7-8,10,12,14H2,1-6H3/b17-10+,18-9+;19-11+,20-13+. The largest absolute Gasteiger partial charge is 0.497 e. The van der Waals surface area contributed by atoms with E-state index in [1.807, 2.05) is 0 Å². The Hall–Kier alpha value is -3.30. The van der Waals surface area contributed by atoms with E-state index in [2.05, 4.69) is 136 Å². The minimum atomic E-state index is 0.123. The molecule has 1 fully saturated rings. The molecular formula is C46H68O3. The van der Waals surface area contributed by atoms with E-state index in [0.717, 1.165) is 69.3 Å². The first-order chi connectivity index (χ1) is 23.2. The Labute approximate surface area is 301 Å². The van der Waals surface area contributed by atoms with Crippen LogP contribution < -0.4 is 9.47 Å². The van der Waals surface area contributed by atoms with Gasteiger partial charge in [0, 0.05) is 0 Å². The van der Waals surface area contributed by atoms with E-state index in [1.165, 1.54) is 56.5 Å². The van der Waals surface area contributed by atoms with Gasteiger partial charge in [0.1, 0.15) is 11.5 Å². The van der Waals surface area contributed by atoms with Gasteiger partial charge in [-0.15, -0.1) is 0 Å². The van der Waals surface area contributed by atoms with Crippen molar-refractivity contribution in [1.82, 2.24) is 0 Å². The van der Waals surface area contributed by atoms with Crippen LogP contribution in [0, 0.1) is 13.8 Å². The number of epoxide rings is 1. The smallest absolute Gasteiger partial charge is 0.119 e. The molecular weight excluding hydrogens is 601 g/mol. The highest BCUT2D eigenvalue weighted by atomic mass is 16.6. The van der Waals surface area contributed by atoms with Crippen molar-refractivity contribution in [3.63, 3.8) is 0 Å². The van der Waals surface area contributed by atoms with E-state index in [4.69, 9.17) is 14.2 Å². The Bertz CT molecular complexity index is 1460. The normalized spacial score (nSPS) is 16.1. The molecule has 0 aromatic heterocycles. The fourth-order valence-corrected chi connectivity index (χ4v) is 5.89. The van der Waals surface area contributed by atoms with Gasteiger partial charge in [0.05, 0.1) is 25.9 Å². The van der Waals surface area contributed by atoms with Gasteiger partial charge in [0.2, 0.25) is 0 Å². The minimum absolute atomic E-state index is 0.123. The van der Waals surface area contributed by atoms with Crippen molar-refractivity contribution in [3.05, 3.63) is 117 Å². The molecule has 0 aliphatic carbocycles. The molecule has 0 bridgehead atoms. The molecule has 270 valence electrons. The molecule has 1 heterocycles. The van der Waals surface area contributed by atoms with Crippen molar-refractivity contribution < 1.29 is 14.2 Å². The number of ether oxygens (including phenoxy) is 3. The zero-order valence-electron chi connectivity index (χ0n) is 33.2. The molecule has 1 atom stereocenters. The maximum Gasteiger partial charge on any atom is 0.119 e. The Morgan fingerprint density at radius 2 is 0.980 bits per heavy atom. The van der Waals surface area contributed by atoms with Crippen LogP contribution in [-0.4, -0.2) is 25.9 Å². The third kappa shape index (κ3) is 18.3. The molecule has 1 unspecified atom stereocenters. The molecule has 49 heavy (non-hydrogen) atoms. The van der Waals surface area contributed by atoms with Crippen LogP contribution in [0.15, 0.2) is 94.6 Å². The van der Waals surface area contributed by atoms with Crippen LogP contribution in [0.25, 0.3) is 0 Å². The van der Waals surface area contributed by atoms with Gasteiger partial charge in [-0.3, -0.25) is 0 Å². The van der Waals surface area contributed by atoms with Crippen LogP contribution in [0.1, 0.15) is 129 Å². The topological polar surface area (TPSA) is 31.0 Å². The van der Waals surface area contributed by atoms with E-state index in [0.29, 0.717) is 6.10 Å². The number of hydrogen-bond acceptors (Lipinski definition) is 3. The number of benzene rings is 2. The fraction of sp³-hybridized carbons (Fsp3) is 0.522. The molecule has 3 heteroatoms. The first kappa shape index (κ1) is 41.9. The van der Waals surface area contributed by atoms with E-state index in [-0.39, 0.29) is 5.60 Å². The second kappa shape index (κ2) is 21.7. The van der Waals surface area contributed by atoms with Gasteiger partial charge in [-0.25, -0.2) is 0 Å². The van der Waals surface area contributed by atoms with Gasteiger partial charge in [0.25, 0.3) is 0 Å². The summed E-state index contributed by atoms with van der Waals surface area (Å²) in [6.07, 6.45) is 23.4. The van der Waals surface area contributed by atoms with Crippen molar-refractivity contribution in [2.24, 2.45) is 0 Å². The van der Waals surface area contributed by atoms with Gasteiger partial charge in [-0.2, -0.15) is 0 Å². The Balaban J connectivity index is 0.000000341. The molecule has 0 radical (unpaired) electrons. The predicted molar refractivity (Wildman–Crippen MR) is 213 cm³/mol. The maximum absolute atomic E-state index is 5.65. The Morgan fingerprint density at radius 3 is 1.37 bits per heavy atom. The number of hydrogen-bond donors (Lipinski definition) is 0. The summed E-state index contributed by atoms with van der Waals surface area (Å²) in [5.41, 5.74) is 12.6. The van der Waals surface area contributed by atoms with Crippen LogP contribution in [0.2, 0.25) is 0 Å². The van der Waals surface area contributed by atoms with Gasteiger partial charge in [0.15, 0.2) is 0 Å². The summed E-state index contributed by atoms with van der Waals surface area (Å²) in [4.78, 5) is 0. The average molecular weight is 669 g/mol. The molecule has 0 amide bonds. The van der Waals surface area contributed by atoms with Gasteiger partial charge in [-0.05, 0) is 180 Å².